The molecule has 2 aromatic carbocycles. The minimum atomic E-state index is -0.278. The molecule has 3 rings (SSSR count). The number of thiazole rings is 1. The molecular weight excluding hydrogens is 365 g/mol. The van der Waals surface area contributed by atoms with Crippen LogP contribution in [0.3, 0.4) is 0 Å². The molecule has 0 fully saturated rings. The highest BCUT2D eigenvalue weighted by molar-refractivity contribution is 7.07. The van der Waals surface area contributed by atoms with Crippen LogP contribution in [0.15, 0.2) is 58.9 Å². The number of hydrogen-bond donors (Lipinski definition) is 1. The average molecular weight is 385 g/mol. The van der Waals surface area contributed by atoms with E-state index in [1.807, 2.05) is 34.2 Å². The number of carbonyl (C=O) groups excluding carboxylic acids is 1. The summed E-state index contributed by atoms with van der Waals surface area (Å²) in [5, 5.41) is 4.79. The Morgan fingerprint density at radius 3 is 2.74 bits per heavy atom. The second-order valence-electron chi connectivity index (χ2n) is 5.86. The Morgan fingerprint density at radius 1 is 1.26 bits per heavy atom. The molecular formula is C20H20FN3O2S. The standard InChI is InChI=1S/C20H20FN3O2S/c1-14(25)22-10-11-24-19(15-6-8-16(21)9-7-15)13-27-20(24)23-17-4-3-5-18(12-17)26-2/h3-9,12-13H,10-11H2,1-2H3,(H,22,25). The number of hydrogen-bond acceptors (Lipinski definition) is 4. The Bertz CT molecular complexity index is 993. The highest BCUT2D eigenvalue weighted by atomic mass is 32.1. The molecule has 1 N–H and O–H groups in total. The topological polar surface area (TPSA) is 55.6 Å². The lowest BCUT2D eigenvalue weighted by Crippen LogP contribution is -2.28. The van der Waals surface area contributed by atoms with Gasteiger partial charge >= 0.3 is 0 Å². The van der Waals surface area contributed by atoms with Crippen LogP contribution in [-0.2, 0) is 11.3 Å². The van der Waals surface area contributed by atoms with Crippen LogP contribution in [0.1, 0.15) is 6.92 Å². The van der Waals surface area contributed by atoms with Crippen LogP contribution >= 0.6 is 11.3 Å². The SMILES string of the molecule is COc1cccc(N=c2scc(-c3ccc(F)cc3)n2CCNC(C)=O)c1. The van der Waals surface area contributed by atoms with E-state index < -0.39 is 0 Å². The Kier molecular flexibility index (Phi) is 6.03. The Morgan fingerprint density at radius 2 is 2.04 bits per heavy atom. The number of halogens is 1. The number of amides is 1. The van der Waals surface area contributed by atoms with E-state index in [0.717, 1.165) is 27.5 Å². The zero-order valence-electron chi connectivity index (χ0n) is 15.1. The van der Waals surface area contributed by atoms with Gasteiger partial charge in [-0.15, -0.1) is 11.3 Å². The minimum absolute atomic E-state index is 0.0829. The molecule has 0 atom stereocenters. The zero-order chi connectivity index (χ0) is 19.2. The van der Waals surface area contributed by atoms with Crippen LogP contribution in [-0.4, -0.2) is 24.1 Å². The lowest BCUT2D eigenvalue weighted by Gasteiger charge is -2.10. The summed E-state index contributed by atoms with van der Waals surface area (Å²) in [5.41, 5.74) is 2.59. The van der Waals surface area contributed by atoms with E-state index in [0.29, 0.717) is 13.1 Å². The number of carbonyl (C=O) groups is 1. The van der Waals surface area contributed by atoms with Gasteiger partial charge in [-0.2, -0.15) is 0 Å². The molecule has 0 aliphatic rings. The Hall–Kier alpha value is -2.93. The summed E-state index contributed by atoms with van der Waals surface area (Å²) in [7, 11) is 1.62. The summed E-state index contributed by atoms with van der Waals surface area (Å²) in [4.78, 5) is 16.7. The predicted octanol–water partition coefficient (Wildman–Crippen LogP) is 3.73. The number of rotatable bonds is 6. The molecule has 7 heteroatoms. The summed E-state index contributed by atoms with van der Waals surface area (Å²) in [6, 6.07) is 13.8. The van der Waals surface area contributed by atoms with E-state index in [-0.39, 0.29) is 11.7 Å². The van der Waals surface area contributed by atoms with Gasteiger partial charge in [0.25, 0.3) is 0 Å². The summed E-state index contributed by atoms with van der Waals surface area (Å²) in [6.45, 7) is 2.52. The molecule has 5 nitrogen and oxygen atoms in total. The second-order valence-corrected chi connectivity index (χ2v) is 6.69. The first kappa shape index (κ1) is 18.8. The Labute approximate surface area is 160 Å². The number of nitrogens with zero attached hydrogens (tertiary/aromatic N) is 2. The second kappa shape index (κ2) is 8.64. The van der Waals surface area contributed by atoms with Gasteiger partial charge in [0, 0.05) is 31.5 Å². The molecule has 0 aliphatic heterocycles. The molecule has 1 aromatic heterocycles. The number of methoxy groups -OCH3 is 1. The van der Waals surface area contributed by atoms with Gasteiger partial charge in [0.2, 0.25) is 5.91 Å². The summed E-state index contributed by atoms with van der Waals surface area (Å²) < 4.78 is 20.6. The third kappa shape index (κ3) is 4.83. The van der Waals surface area contributed by atoms with Gasteiger partial charge in [0.15, 0.2) is 4.80 Å². The van der Waals surface area contributed by atoms with Crippen molar-refractivity contribution in [3.8, 4) is 17.0 Å². The average Bonchev–Trinajstić information content (AvgIpc) is 3.05. The monoisotopic (exact) mass is 385 g/mol. The number of nitrogens with one attached hydrogen (secondary N) is 1. The molecule has 140 valence electrons. The number of aromatic nitrogens is 1. The maximum Gasteiger partial charge on any atom is 0.216 e. The van der Waals surface area contributed by atoms with Gasteiger partial charge in [-0.1, -0.05) is 6.07 Å². The van der Waals surface area contributed by atoms with Gasteiger partial charge in [0.1, 0.15) is 11.6 Å². The summed E-state index contributed by atoms with van der Waals surface area (Å²) in [5.74, 6) is 0.372. The molecule has 27 heavy (non-hydrogen) atoms. The molecule has 1 heterocycles. The van der Waals surface area contributed by atoms with Crippen molar-refractivity contribution >= 4 is 22.9 Å². The fourth-order valence-electron chi connectivity index (χ4n) is 2.62. The van der Waals surface area contributed by atoms with Crippen LogP contribution in [0.25, 0.3) is 11.3 Å². The quantitative estimate of drug-likeness (QED) is 0.703. The van der Waals surface area contributed by atoms with E-state index in [1.165, 1.54) is 30.4 Å². The van der Waals surface area contributed by atoms with E-state index in [1.54, 1.807) is 19.2 Å². The van der Waals surface area contributed by atoms with Gasteiger partial charge in [-0.3, -0.25) is 4.79 Å². The van der Waals surface area contributed by atoms with Crippen molar-refractivity contribution in [3.05, 3.63) is 64.5 Å². The van der Waals surface area contributed by atoms with Crippen molar-refractivity contribution in [2.24, 2.45) is 4.99 Å². The molecule has 0 saturated heterocycles. The molecule has 0 saturated carbocycles. The molecule has 0 unspecified atom stereocenters. The van der Waals surface area contributed by atoms with Crippen molar-refractivity contribution in [1.82, 2.24) is 9.88 Å². The molecule has 1 amide bonds. The first-order valence-electron chi connectivity index (χ1n) is 8.44. The molecule has 0 radical (unpaired) electrons. The van der Waals surface area contributed by atoms with Crippen molar-refractivity contribution in [2.75, 3.05) is 13.7 Å². The van der Waals surface area contributed by atoms with E-state index in [4.69, 9.17) is 9.73 Å². The van der Waals surface area contributed by atoms with Crippen LogP contribution in [0.2, 0.25) is 0 Å². The lowest BCUT2D eigenvalue weighted by atomic mass is 10.1. The van der Waals surface area contributed by atoms with Crippen molar-refractivity contribution in [1.29, 1.82) is 0 Å². The summed E-state index contributed by atoms with van der Waals surface area (Å²) in [6.07, 6.45) is 0. The third-order valence-corrected chi connectivity index (χ3v) is 4.79. The molecule has 0 aliphatic carbocycles. The molecule has 0 spiro atoms. The Balaban J connectivity index is 2.03. The number of ether oxygens (including phenoxy) is 1. The maximum absolute atomic E-state index is 13.3. The first-order chi connectivity index (χ1) is 13.1. The maximum atomic E-state index is 13.3. The number of benzene rings is 2. The fourth-order valence-corrected chi connectivity index (χ4v) is 3.58. The predicted molar refractivity (Wildman–Crippen MR) is 105 cm³/mol. The van der Waals surface area contributed by atoms with Crippen molar-refractivity contribution in [2.45, 2.75) is 13.5 Å². The van der Waals surface area contributed by atoms with Crippen LogP contribution in [0, 0.1) is 5.82 Å². The smallest absolute Gasteiger partial charge is 0.216 e. The molecule has 3 aromatic rings. The van der Waals surface area contributed by atoms with Gasteiger partial charge < -0.3 is 14.6 Å². The van der Waals surface area contributed by atoms with Crippen LogP contribution < -0.4 is 14.9 Å². The van der Waals surface area contributed by atoms with E-state index in [2.05, 4.69) is 5.32 Å². The van der Waals surface area contributed by atoms with E-state index >= 15 is 0 Å². The van der Waals surface area contributed by atoms with Crippen LogP contribution in [0.4, 0.5) is 10.1 Å². The molecule has 0 bridgehead atoms. The lowest BCUT2D eigenvalue weighted by molar-refractivity contribution is -0.118. The highest BCUT2D eigenvalue weighted by Gasteiger charge is 2.09. The largest absolute Gasteiger partial charge is 0.497 e. The van der Waals surface area contributed by atoms with Crippen LogP contribution in [0.5, 0.6) is 5.75 Å². The summed E-state index contributed by atoms with van der Waals surface area (Å²) >= 11 is 1.49. The minimum Gasteiger partial charge on any atom is -0.497 e. The highest BCUT2D eigenvalue weighted by Crippen LogP contribution is 2.22. The van der Waals surface area contributed by atoms with Gasteiger partial charge in [0.05, 0.1) is 18.5 Å². The van der Waals surface area contributed by atoms with E-state index in [9.17, 15) is 9.18 Å². The van der Waals surface area contributed by atoms with Gasteiger partial charge in [-0.05, 0) is 42.0 Å². The normalized spacial score (nSPS) is 11.4. The third-order valence-electron chi connectivity index (χ3n) is 3.93. The van der Waals surface area contributed by atoms with Crippen molar-refractivity contribution in [3.63, 3.8) is 0 Å². The fraction of sp³-hybridized carbons (Fsp3) is 0.200. The van der Waals surface area contributed by atoms with Crippen molar-refractivity contribution < 1.29 is 13.9 Å². The zero-order valence-corrected chi connectivity index (χ0v) is 15.9. The van der Waals surface area contributed by atoms with Gasteiger partial charge in [-0.25, -0.2) is 9.38 Å². The first-order valence-corrected chi connectivity index (χ1v) is 9.32.